The Labute approximate surface area is 91.0 Å². The molecule has 0 saturated carbocycles. The van der Waals surface area contributed by atoms with Gasteiger partial charge in [0.25, 0.3) is 0 Å². The van der Waals surface area contributed by atoms with Crippen molar-refractivity contribution < 1.29 is 9.48 Å². The van der Waals surface area contributed by atoms with Gasteiger partial charge in [0.2, 0.25) is 5.78 Å². The monoisotopic (exact) mass is 220 g/mol. The minimum Gasteiger partial charge on any atom is -0.290 e. The van der Waals surface area contributed by atoms with E-state index in [-0.39, 0.29) is 12.3 Å². The van der Waals surface area contributed by atoms with Crippen LogP contribution in [0.25, 0.3) is 0 Å². The molecule has 0 unspecified atom stereocenters. The second-order valence-electron chi connectivity index (χ2n) is 3.02. The first-order valence-corrected chi connectivity index (χ1v) is 5.32. The Morgan fingerprint density at radius 2 is 2.13 bits per heavy atom. The summed E-state index contributed by atoms with van der Waals surface area (Å²) in [4.78, 5) is 11.8. The summed E-state index contributed by atoms with van der Waals surface area (Å²) in [6.07, 6.45) is 0. The van der Waals surface area contributed by atoms with Crippen molar-refractivity contribution in [3.8, 4) is 0 Å². The van der Waals surface area contributed by atoms with E-state index in [2.05, 4.69) is 5.10 Å². The first kappa shape index (κ1) is 9.79. The van der Waals surface area contributed by atoms with Gasteiger partial charge in [-0.1, -0.05) is 35.4 Å². The van der Waals surface area contributed by atoms with E-state index in [1.165, 1.54) is 16.0 Å². The fourth-order valence-electron chi connectivity index (χ4n) is 1.22. The van der Waals surface area contributed by atoms with Crippen molar-refractivity contribution in [2.24, 2.45) is 0 Å². The molecular weight excluding hydrogens is 210 g/mol. The number of nitrogens with zero attached hydrogens (tertiary/aromatic N) is 2. The van der Waals surface area contributed by atoms with Gasteiger partial charge in [0, 0.05) is 5.56 Å². The Balaban J connectivity index is 2.15. The summed E-state index contributed by atoms with van der Waals surface area (Å²) in [5.41, 5.74) is 7.93. The third-order valence-electron chi connectivity index (χ3n) is 2.00. The zero-order chi connectivity index (χ0) is 10.7. The van der Waals surface area contributed by atoms with Gasteiger partial charge in [0.1, 0.15) is 5.51 Å². The molecule has 0 aliphatic heterocycles. The largest absolute Gasteiger partial charge is 0.354 e. The maximum Gasteiger partial charge on any atom is 0.354 e. The van der Waals surface area contributed by atoms with E-state index in [9.17, 15) is 4.79 Å². The molecule has 0 aliphatic rings. The molecule has 2 N–H and O–H groups in total. The Hall–Kier alpha value is -1.75. The molecule has 76 valence electrons. The SMILES string of the molecule is Nc1scn[n+]1CC(=O)c1ccccc1. The predicted octanol–water partition coefficient (Wildman–Crippen LogP) is 0.896. The van der Waals surface area contributed by atoms with E-state index in [4.69, 9.17) is 5.73 Å². The number of hydrogen-bond donors (Lipinski definition) is 1. The van der Waals surface area contributed by atoms with Crippen LogP contribution in [0.15, 0.2) is 35.8 Å². The van der Waals surface area contributed by atoms with Gasteiger partial charge in [-0.25, -0.2) is 0 Å². The molecule has 0 aliphatic carbocycles. The summed E-state index contributed by atoms with van der Waals surface area (Å²) in [7, 11) is 0. The summed E-state index contributed by atoms with van der Waals surface area (Å²) < 4.78 is 1.50. The molecule has 1 aromatic heterocycles. The van der Waals surface area contributed by atoms with Gasteiger partial charge >= 0.3 is 5.13 Å². The lowest BCUT2D eigenvalue weighted by Gasteiger charge is -1.96. The van der Waals surface area contributed by atoms with Gasteiger partial charge in [-0.15, -0.1) is 4.68 Å². The maximum absolute atomic E-state index is 11.8. The highest BCUT2D eigenvalue weighted by Gasteiger charge is 2.14. The van der Waals surface area contributed by atoms with Crippen LogP contribution in [0.3, 0.4) is 0 Å². The first-order chi connectivity index (χ1) is 7.27. The van der Waals surface area contributed by atoms with Crippen LogP contribution in [0, 0.1) is 0 Å². The highest BCUT2D eigenvalue weighted by Crippen LogP contribution is 2.03. The van der Waals surface area contributed by atoms with Gasteiger partial charge in [-0.2, -0.15) is 0 Å². The number of nitrogen functional groups attached to an aromatic ring is 1. The number of hydrogen-bond acceptors (Lipinski definition) is 4. The van der Waals surface area contributed by atoms with Crippen LogP contribution in [0.5, 0.6) is 0 Å². The first-order valence-electron chi connectivity index (χ1n) is 4.44. The molecular formula is C10H10N3OS+. The third kappa shape index (κ3) is 2.19. The molecule has 0 amide bonds. The fourth-order valence-corrected chi connectivity index (χ4v) is 1.72. The highest BCUT2D eigenvalue weighted by molar-refractivity contribution is 7.12. The molecule has 2 rings (SSSR count). The molecule has 1 heterocycles. The third-order valence-corrected chi connectivity index (χ3v) is 2.66. The van der Waals surface area contributed by atoms with Crippen molar-refractivity contribution in [2.45, 2.75) is 6.54 Å². The van der Waals surface area contributed by atoms with Crippen LogP contribution in [0.2, 0.25) is 0 Å². The Morgan fingerprint density at radius 3 is 2.73 bits per heavy atom. The Kier molecular flexibility index (Phi) is 2.73. The van der Waals surface area contributed by atoms with Gasteiger partial charge in [0.05, 0.1) is 0 Å². The molecule has 15 heavy (non-hydrogen) atoms. The zero-order valence-corrected chi connectivity index (χ0v) is 8.78. The van der Waals surface area contributed by atoms with Crippen LogP contribution < -0.4 is 10.4 Å². The van der Waals surface area contributed by atoms with Crippen LogP contribution >= 0.6 is 11.3 Å². The smallest absolute Gasteiger partial charge is 0.290 e. The summed E-state index contributed by atoms with van der Waals surface area (Å²) >= 11 is 1.32. The van der Waals surface area contributed by atoms with E-state index in [0.717, 1.165) is 0 Å². The van der Waals surface area contributed by atoms with Gasteiger partial charge in [0.15, 0.2) is 6.54 Å². The van der Waals surface area contributed by atoms with Crippen LogP contribution in [0.1, 0.15) is 10.4 Å². The van der Waals surface area contributed by atoms with E-state index >= 15 is 0 Å². The van der Waals surface area contributed by atoms with Crippen molar-refractivity contribution in [1.82, 2.24) is 5.10 Å². The van der Waals surface area contributed by atoms with E-state index in [1.807, 2.05) is 18.2 Å². The second kappa shape index (κ2) is 4.18. The predicted molar refractivity (Wildman–Crippen MR) is 57.5 cm³/mol. The summed E-state index contributed by atoms with van der Waals surface area (Å²) in [5, 5.41) is 4.51. The number of Topliss-reactive ketones (excluding diaryl/α,β-unsaturated/α-hetero) is 1. The normalized spacial score (nSPS) is 10.1. The number of nitrogens with two attached hydrogens (primary N) is 1. The number of carbonyl (C=O) groups is 1. The second-order valence-corrected chi connectivity index (χ2v) is 3.89. The van der Waals surface area contributed by atoms with Crippen LogP contribution in [-0.4, -0.2) is 10.9 Å². The fraction of sp³-hybridized carbons (Fsp3) is 0.100. The highest BCUT2D eigenvalue weighted by atomic mass is 32.1. The van der Waals surface area contributed by atoms with Crippen molar-refractivity contribution >= 4 is 22.3 Å². The van der Waals surface area contributed by atoms with Crippen LogP contribution in [-0.2, 0) is 6.54 Å². The molecule has 0 saturated heterocycles. The average Bonchev–Trinajstić information content (AvgIpc) is 2.66. The molecule has 0 fully saturated rings. The van der Waals surface area contributed by atoms with Crippen LogP contribution in [0.4, 0.5) is 5.13 Å². The van der Waals surface area contributed by atoms with Crippen molar-refractivity contribution in [2.75, 3.05) is 5.73 Å². The molecule has 5 heteroatoms. The number of carbonyl (C=O) groups excluding carboxylic acids is 1. The van der Waals surface area contributed by atoms with E-state index in [0.29, 0.717) is 10.7 Å². The molecule has 0 radical (unpaired) electrons. The maximum atomic E-state index is 11.8. The lowest BCUT2D eigenvalue weighted by atomic mass is 10.1. The average molecular weight is 220 g/mol. The molecule has 4 nitrogen and oxygen atoms in total. The number of rotatable bonds is 3. The number of benzene rings is 1. The zero-order valence-electron chi connectivity index (χ0n) is 7.96. The molecule has 2 aromatic rings. The minimum atomic E-state index is 0.0122. The van der Waals surface area contributed by atoms with Crippen molar-refractivity contribution in [3.63, 3.8) is 0 Å². The summed E-state index contributed by atoms with van der Waals surface area (Å²) in [6.45, 7) is 0.194. The molecule has 0 spiro atoms. The van der Waals surface area contributed by atoms with E-state index in [1.54, 1.807) is 17.6 Å². The summed E-state index contributed by atoms with van der Waals surface area (Å²) in [6, 6.07) is 9.11. The van der Waals surface area contributed by atoms with Gasteiger partial charge < -0.3 is 0 Å². The Morgan fingerprint density at radius 1 is 1.40 bits per heavy atom. The van der Waals surface area contributed by atoms with E-state index < -0.39 is 0 Å². The minimum absolute atomic E-state index is 0.0122. The topological polar surface area (TPSA) is 59.9 Å². The van der Waals surface area contributed by atoms with Crippen molar-refractivity contribution in [1.29, 1.82) is 0 Å². The van der Waals surface area contributed by atoms with Gasteiger partial charge in [-0.05, 0) is 11.3 Å². The molecule has 0 bridgehead atoms. The molecule has 1 aromatic carbocycles. The summed E-state index contributed by atoms with van der Waals surface area (Å²) in [5.74, 6) is 0.0122. The van der Waals surface area contributed by atoms with Crippen molar-refractivity contribution in [3.05, 3.63) is 41.4 Å². The lowest BCUT2D eigenvalue weighted by Crippen LogP contribution is -2.41. The van der Waals surface area contributed by atoms with Gasteiger partial charge in [-0.3, -0.25) is 10.5 Å². The Bertz CT molecular complexity index is 467. The number of anilines is 1. The number of ketones is 1. The standard InChI is InChI=1S/C10H9N3OS/c11-10-13(12-7-15-10)6-9(14)8-4-2-1-3-5-8/h1-5,7,11H,6H2/p+1. The lowest BCUT2D eigenvalue weighted by molar-refractivity contribution is -0.723. The molecule has 0 atom stereocenters. The number of aromatic nitrogens is 2. The quantitative estimate of drug-likeness (QED) is 0.617.